The molecule has 8 nitrogen and oxygen atoms in total. The molecule has 9 heteroatoms. The molecule has 0 aliphatic heterocycles. The Labute approximate surface area is 117 Å². The van der Waals surface area contributed by atoms with Crippen molar-refractivity contribution in [1.29, 1.82) is 0 Å². The molecule has 112 valence electrons. The molecule has 1 aromatic carbocycles. The Kier molecular flexibility index (Phi) is 5.43. The summed E-state index contributed by atoms with van der Waals surface area (Å²) in [5, 5.41) is 13.6. The number of benzene rings is 1. The van der Waals surface area contributed by atoms with Crippen LogP contribution in [0.5, 0.6) is 0 Å². The summed E-state index contributed by atoms with van der Waals surface area (Å²) in [4.78, 5) is 10.2. The lowest BCUT2D eigenvalue weighted by Crippen LogP contribution is -2.27. The van der Waals surface area contributed by atoms with Gasteiger partial charge in [0.25, 0.3) is 5.69 Å². The van der Waals surface area contributed by atoms with Crippen LogP contribution in [-0.4, -0.2) is 40.7 Å². The van der Waals surface area contributed by atoms with Gasteiger partial charge in [-0.3, -0.25) is 10.1 Å². The third-order valence-electron chi connectivity index (χ3n) is 2.65. The number of nitrogens with zero attached hydrogens (tertiary/aromatic N) is 1. The SMILES string of the molecule is CNc1cc(C)c(S(=O)(=O)NCCOC)cc1[N+](=O)[O-]. The highest BCUT2D eigenvalue weighted by Crippen LogP contribution is 2.30. The van der Waals surface area contributed by atoms with Crippen molar-refractivity contribution in [2.45, 2.75) is 11.8 Å². The number of nitrogens with one attached hydrogen (secondary N) is 2. The highest BCUT2D eigenvalue weighted by molar-refractivity contribution is 7.89. The summed E-state index contributed by atoms with van der Waals surface area (Å²) in [5.74, 6) is 0. The predicted molar refractivity (Wildman–Crippen MR) is 74.4 cm³/mol. The van der Waals surface area contributed by atoms with Crippen LogP contribution in [0.15, 0.2) is 17.0 Å². The van der Waals surface area contributed by atoms with Gasteiger partial charge in [-0.05, 0) is 18.6 Å². The van der Waals surface area contributed by atoms with E-state index in [1.165, 1.54) is 20.2 Å². The molecule has 1 aromatic rings. The first kappa shape index (κ1) is 16.3. The van der Waals surface area contributed by atoms with Crippen LogP contribution in [-0.2, 0) is 14.8 Å². The molecule has 0 spiro atoms. The third-order valence-corrected chi connectivity index (χ3v) is 4.25. The quantitative estimate of drug-likeness (QED) is 0.439. The van der Waals surface area contributed by atoms with Gasteiger partial charge in [0.15, 0.2) is 0 Å². The molecule has 0 fully saturated rings. The third kappa shape index (κ3) is 3.65. The van der Waals surface area contributed by atoms with E-state index in [1.807, 2.05) is 0 Å². The van der Waals surface area contributed by atoms with Crippen LogP contribution < -0.4 is 10.0 Å². The van der Waals surface area contributed by atoms with Crippen LogP contribution in [0.25, 0.3) is 0 Å². The number of hydrogen-bond acceptors (Lipinski definition) is 6. The Bertz CT molecular complexity index is 600. The Hall–Kier alpha value is -1.71. The van der Waals surface area contributed by atoms with E-state index in [9.17, 15) is 18.5 Å². The number of anilines is 1. The minimum atomic E-state index is -3.81. The lowest BCUT2D eigenvalue weighted by molar-refractivity contribution is -0.384. The van der Waals surface area contributed by atoms with E-state index in [1.54, 1.807) is 6.92 Å². The predicted octanol–water partition coefficient (Wildman–Crippen LogP) is 0.870. The molecule has 0 radical (unpaired) electrons. The normalized spacial score (nSPS) is 11.3. The van der Waals surface area contributed by atoms with Gasteiger partial charge in [0.1, 0.15) is 5.69 Å². The average Bonchev–Trinajstić information content (AvgIpc) is 2.37. The van der Waals surface area contributed by atoms with Crippen LogP contribution >= 0.6 is 0 Å². The summed E-state index contributed by atoms with van der Waals surface area (Å²) in [7, 11) is -0.821. The summed E-state index contributed by atoms with van der Waals surface area (Å²) >= 11 is 0. The second-order valence-corrected chi connectivity index (χ2v) is 5.77. The number of aryl methyl sites for hydroxylation is 1. The molecular weight excluding hydrogens is 286 g/mol. The fraction of sp³-hybridized carbons (Fsp3) is 0.455. The van der Waals surface area contributed by atoms with Crippen molar-refractivity contribution in [2.24, 2.45) is 0 Å². The monoisotopic (exact) mass is 303 g/mol. The number of methoxy groups -OCH3 is 1. The molecule has 0 unspecified atom stereocenters. The van der Waals surface area contributed by atoms with Crippen LogP contribution in [0.1, 0.15) is 5.56 Å². The Morgan fingerprint density at radius 3 is 2.55 bits per heavy atom. The summed E-state index contributed by atoms with van der Waals surface area (Å²) in [5.41, 5.74) is 0.401. The summed E-state index contributed by atoms with van der Waals surface area (Å²) in [6.07, 6.45) is 0. The number of hydrogen-bond donors (Lipinski definition) is 2. The molecule has 0 saturated carbocycles. The number of sulfonamides is 1. The molecule has 0 bridgehead atoms. The van der Waals surface area contributed by atoms with Gasteiger partial charge in [0, 0.05) is 26.8 Å². The van der Waals surface area contributed by atoms with Crippen molar-refractivity contribution in [2.75, 3.05) is 32.6 Å². The van der Waals surface area contributed by atoms with E-state index >= 15 is 0 Å². The molecule has 20 heavy (non-hydrogen) atoms. The first-order valence-electron chi connectivity index (χ1n) is 5.79. The van der Waals surface area contributed by atoms with Gasteiger partial charge in [-0.25, -0.2) is 13.1 Å². The second-order valence-electron chi connectivity index (χ2n) is 4.03. The fourth-order valence-electron chi connectivity index (χ4n) is 1.67. The van der Waals surface area contributed by atoms with Gasteiger partial charge >= 0.3 is 0 Å². The van der Waals surface area contributed by atoms with Crippen molar-refractivity contribution < 1.29 is 18.1 Å². The molecule has 0 atom stereocenters. The zero-order valence-corrected chi connectivity index (χ0v) is 12.3. The molecule has 1 rings (SSSR count). The van der Waals surface area contributed by atoms with Gasteiger partial charge in [0.2, 0.25) is 10.0 Å². The second kappa shape index (κ2) is 6.64. The van der Waals surface area contributed by atoms with Crippen LogP contribution in [0.4, 0.5) is 11.4 Å². The van der Waals surface area contributed by atoms with Gasteiger partial charge in [-0.15, -0.1) is 0 Å². The summed E-state index contributed by atoms with van der Waals surface area (Å²) < 4.78 is 31.3. The Morgan fingerprint density at radius 1 is 1.40 bits per heavy atom. The van der Waals surface area contributed by atoms with Gasteiger partial charge < -0.3 is 10.1 Å². The molecule has 0 saturated heterocycles. The minimum absolute atomic E-state index is 0.0971. The number of nitro groups is 1. The van der Waals surface area contributed by atoms with Crippen molar-refractivity contribution in [1.82, 2.24) is 4.72 Å². The standard InChI is InChI=1S/C11H17N3O5S/c1-8-6-9(12-2)10(14(15)16)7-11(8)20(17,18)13-4-5-19-3/h6-7,12-13H,4-5H2,1-3H3. The highest BCUT2D eigenvalue weighted by Gasteiger charge is 2.23. The maximum atomic E-state index is 12.1. The van der Waals surface area contributed by atoms with Crippen LogP contribution in [0, 0.1) is 17.0 Å². The smallest absolute Gasteiger partial charge is 0.293 e. The molecule has 0 aliphatic carbocycles. The van der Waals surface area contributed by atoms with E-state index in [-0.39, 0.29) is 29.4 Å². The number of rotatable bonds is 7. The summed E-state index contributed by atoms with van der Waals surface area (Å²) in [6, 6.07) is 2.49. The first-order valence-corrected chi connectivity index (χ1v) is 7.27. The van der Waals surface area contributed by atoms with Crippen molar-refractivity contribution in [3.05, 3.63) is 27.8 Å². The maximum absolute atomic E-state index is 12.1. The molecule has 0 aliphatic rings. The van der Waals surface area contributed by atoms with Crippen molar-refractivity contribution >= 4 is 21.4 Å². The molecule has 0 amide bonds. The van der Waals surface area contributed by atoms with Crippen molar-refractivity contribution in [3.8, 4) is 0 Å². The van der Waals surface area contributed by atoms with E-state index in [2.05, 4.69) is 10.0 Å². The van der Waals surface area contributed by atoms with Crippen LogP contribution in [0.2, 0.25) is 0 Å². The Balaban J connectivity index is 3.24. The highest BCUT2D eigenvalue weighted by atomic mass is 32.2. The summed E-state index contributed by atoms with van der Waals surface area (Å²) in [6.45, 7) is 1.89. The molecular formula is C11H17N3O5S. The molecule has 0 aromatic heterocycles. The number of ether oxygens (including phenoxy) is 1. The van der Waals surface area contributed by atoms with E-state index < -0.39 is 14.9 Å². The number of nitro benzene ring substituents is 1. The van der Waals surface area contributed by atoms with Crippen LogP contribution in [0.3, 0.4) is 0 Å². The Morgan fingerprint density at radius 2 is 2.05 bits per heavy atom. The first-order chi connectivity index (χ1) is 9.33. The lowest BCUT2D eigenvalue weighted by Gasteiger charge is -2.11. The van der Waals surface area contributed by atoms with Crippen molar-refractivity contribution in [3.63, 3.8) is 0 Å². The lowest BCUT2D eigenvalue weighted by atomic mass is 10.2. The fourth-order valence-corrected chi connectivity index (χ4v) is 2.93. The van der Waals surface area contributed by atoms with Gasteiger partial charge in [-0.1, -0.05) is 0 Å². The molecule has 0 heterocycles. The maximum Gasteiger partial charge on any atom is 0.293 e. The van der Waals surface area contributed by atoms with Gasteiger partial charge in [0.05, 0.1) is 16.4 Å². The zero-order chi connectivity index (χ0) is 15.3. The minimum Gasteiger partial charge on any atom is -0.383 e. The molecule has 2 N–H and O–H groups in total. The van der Waals surface area contributed by atoms with Gasteiger partial charge in [-0.2, -0.15) is 0 Å². The average molecular weight is 303 g/mol. The largest absolute Gasteiger partial charge is 0.383 e. The topological polar surface area (TPSA) is 111 Å². The van der Waals surface area contributed by atoms with E-state index in [0.717, 1.165) is 6.07 Å². The van der Waals surface area contributed by atoms with E-state index in [0.29, 0.717) is 5.56 Å². The zero-order valence-electron chi connectivity index (χ0n) is 11.5. The van der Waals surface area contributed by atoms with E-state index in [4.69, 9.17) is 4.74 Å².